The van der Waals surface area contributed by atoms with E-state index >= 15 is 0 Å². The predicted octanol–water partition coefficient (Wildman–Crippen LogP) is 3.24. The zero-order valence-corrected chi connectivity index (χ0v) is 13.6. The lowest BCUT2D eigenvalue weighted by molar-refractivity contribution is 0.0534. The van der Waals surface area contributed by atoms with Gasteiger partial charge in [0.2, 0.25) is 0 Å². The summed E-state index contributed by atoms with van der Waals surface area (Å²) in [6.07, 6.45) is 7.45. The molecule has 1 fully saturated rings. The molecule has 1 aliphatic rings. The van der Waals surface area contributed by atoms with Crippen LogP contribution in [0.2, 0.25) is 0 Å². The van der Waals surface area contributed by atoms with Gasteiger partial charge in [0.15, 0.2) is 0 Å². The number of ether oxygens (including phenoxy) is 1. The van der Waals surface area contributed by atoms with Crippen molar-refractivity contribution in [2.24, 2.45) is 5.41 Å². The Balaban J connectivity index is 2.07. The molecule has 1 saturated carbocycles. The molecule has 2 N–H and O–H groups in total. The number of carbonyl (C=O) groups excluding carboxylic acids is 1. The molecule has 1 atom stereocenters. The van der Waals surface area contributed by atoms with E-state index in [1.165, 1.54) is 19.3 Å². The second-order valence-corrected chi connectivity index (χ2v) is 7.37. The van der Waals surface area contributed by atoms with Crippen LogP contribution in [-0.4, -0.2) is 30.8 Å². The molecule has 0 bridgehead atoms. The maximum Gasteiger partial charge on any atom is 0.407 e. The molecular formula is C16H30N2O2. The molecule has 1 rings (SSSR count). The van der Waals surface area contributed by atoms with E-state index in [0.717, 1.165) is 6.54 Å². The summed E-state index contributed by atoms with van der Waals surface area (Å²) in [4.78, 5) is 11.4. The summed E-state index contributed by atoms with van der Waals surface area (Å²) in [7, 11) is 0. The van der Waals surface area contributed by atoms with Crippen LogP contribution in [0.4, 0.5) is 4.79 Å². The van der Waals surface area contributed by atoms with Crippen LogP contribution in [0.1, 0.15) is 53.9 Å². The van der Waals surface area contributed by atoms with E-state index in [9.17, 15) is 4.79 Å². The highest BCUT2D eigenvalue weighted by Crippen LogP contribution is 2.36. The number of nitrogens with one attached hydrogen (secondary N) is 2. The lowest BCUT2D eigenvalue weighted by atomic mass is 9.92. The zero-order valence-electron chi connectivity index (χ0n) is 13.6. The molecular weight excluding hydrogens is 252 g/mol. The van der Waals surface area contributed by atoms with Gasteiger partial charge < -0.3 is 15.4 Å². The second kappa shape index (κ2) is 7.11. The van der Waals surface area contributed by atoms with Crippen LogP contribution in [0, 0.1) is 5.41 Å². The molecule has 0 saturated heterocycles. The largest absolute Gasteiger partial charge is 0.444 e. The summed E-state index contributed by atoms with van der Waals surface area (Å²) in [6.45, 7) is 11.6. The first-order valence-corrected chi connectivity index (χ1v) is 7.53. The zero-order chi connectivity index (χ0) is 15.2. The molecule has 20 heavy (non-hydrogen) atoms. The van der Waals surface area contributed by atoms with Crippen molar-refractivity contribution in [3.63, 3.8) is 0 Å². The van der Waals surface area contributed by atoms with Gasteiger partial charge in [-0.1, -0.05) is 26.0 Å². The molecule has 0 aromatic carbocycles. The maximum absolute atomic E-state index is 11.4. The van der Waals surface area contributed by atoms with Crippen LogP contribution >= 0.6 is 0 Å². The van der Waals surface area contributed by atoms with Crippen molar-refractivity contribution < 1.29 is 9.53 Å². The molecule has 0 spiro atoms. The minimum Gasteiger partial charge on any atom is -0.444 e. The fourth-order valence-corrected chi connectivity index (χ4v) is 2.47. The van der Waals surface area contributed by atoms with Crippen molar-refractivity contribution in [3.8, 4) is 0 Å². The van der Waals surface area contributed by atoms with Crippen LogP contribution in [0.5, 0.6) is 0 Å². The topological polar surface area (TPSA) is 50.4 Å². The van der Waals surface area contributed by atoms with E-state index in [0.29, 0.717) is 18.0 Å². The standard InChI is InChI=1S/C16H30N2O2/c1-15(2,3)20-14(19)18-11-7-6-10-17-13-8-9-16(4,5)12-13/h6-7,13,17H,8-12H2,1-5H3,(H,18,19)/b7-6+. The average Bonchev–Trinajstić information content (AvgIpc) is 2.61. The van der Waals surface area contributed by atoms with E-state index in [1.807, 2.05) is 26.8 Å². The summed E-state index contributed by atoms with van der Waals surface area (Å²) >= 11 is 0. The van der Waals surface area contributed by atoms with Gasteiger partial charge in [-0.25, -0.2) is 4.79 Å². The van der Waals surface area contributed by atoms with Crippen LogP contribution in [0.3, 0.4) is 0 Å². The van der Waals surface area contributed by atoms with E-state index in [-0.39, 0.29) is 6.09 Å². The Bertz CT molecular complexity index is 343. The number of amides is 1. The first-order valence-electron chi connectivity index (χ1n) is 7.53. The minimum absolute atomic E-state index is 0.368. The molecule has 4 heteroatoms. The highest BCUT2D eigenvalue weighted by Gasteiger charge is 2.29. The molecule has 0 heterocycles. The van der Waals surface area contributed by atoms with Gasteiger partial charge in [-0.15, -0.1) is 0 Å². The van der Waals surface area contributed by atoms with Gasteiger partial charge in [0.25, 0.3) is 0 Å². The fraction of sp³-hybridized carbons (Fsp3) is 0.812. The Labute approximate surface area is 123 Å². The van der Waals surface area contributed by atoms with Gasteiger partial charge in [-0.3, -0.25) is 0 Å². The smallest absolute Gasteiger partial charge is 0.407 e. The monoisotopic (exact) mass is 282 g/mol. The molecule has 1 unspecified atom stereocenters. The summed E-state index contributed by atoms with van der Waals surface area (Å²) in [6, 6.07) is 0.633. The number of alkyl carbamates (subject to hydrolysis) is 1. The van der Waals surface area contributed by atoms with E-state index in [2.05, 4.69) is 30.6 Å². The van der Waals surface area contributed by atoms with Crippen molar-refractivity contribution in [1.82, 2.24) is 10.6 Å². The third-order valence-electron chi connectivity index (χ3n) is 3.42. The van der Waals surface area contributed by atoms with Crippen molar-refractivity contribution in [2.75, 3.05) is 13.1 Å². The Morgan fingerprint density at radius 1 is 1.30 bits per heavy atom. The lowest BCUT2D eigenvalue weighted by Gasteiger charge is -2.19. The van der Waals surface area contributed by atoms with Gasteiger partial charge in [0.05, 0.1) is 0 Å². The van der Waals surface area contributed by atoms with E-state index in [4.69, 9.17) is 4.74 Å². The molecule has 0 aliphatic heterocycles. The normalized spacial score (nSPS) is 22.1. The number of carbonyl (C=O) groups is 1. The van der Waals surface area contributed by atoms with Gasteiger partial charge in [0, 0.05) is 19.1 Å². The number of rotatable bonds is 5. The Morgan fingerprint density at radius 3 is 2.50 bits per heavy atom. The molecule has 116 valence electrons. The van der Waals surface area contributed by atoms with Crippen LogP contribution in [0.25, 0.3) is 0 Å². The van der Waals surface area contributed by atoms with Gasteiger partial charge in [-0.05, 0) is 45.4 Å². The molecule has 0 radical (unpaired) electrons. The summed E-state index contributed by atoms with van der Waals surface area (Å²) in [5.74, 6) is 0. The Kier molecular flexibility index (Phi) is 6.06. The number of hydrogen-bond donors (Lipinski definition) is 2. The van der Waals surface area contributed by atoms with Crippen LogP contribution < -0.4 is 10.6 Å². The highest BCUT2D eigenvalue weighted by molar-refractivity contribution is 5.67. The molecule has 4 nitrogen and oxygen atoms in total. The molecule has 1 amide bonds. The van der Waals surface area contributed by atoms with E-state index < -0.39 is 5.60 Å². The third-order valence-corrected chi connectivity index (χ3v) is 3.42. The first kappa shape index (κ1) is 17.0. The molecule has 0 aromatic heterocycles. The quantitative estimate of drug-likeness (QED) is 0.761. The van der Waals surface area contributed by atoms with Crippen LogP contribution in [0.15, 0.2) is 12.2 Å². The average molecular weight is 282 g/mol. The summed E-state index contributed by atoms with van der Waals surface area (Å²) in [5, 5.41) is 6.24. The summed E-state index contributed by atoms with van der Waals surface area (Å²) in [5.41, 5.74) is 0.0459. The van der Waals surface area contributed by atoms with Crippen molar-refractivity contribution in [1.29, 1.82) is 0 Å². The number of hydrogen-bond acceptors (Lipinski definition) is 3. The fourth-order valence-electron chi connectivity index (χ4n) is 2.47. The van der Waals surface area contributed by atoms with Crippen molar-refractivity contribution in [3.05, 3.63) is 12.2 Å². The summed E-state index contributed by atoms with van der Waals surface area (Å²) < 4.78 is 5.15. The van der Waals surface area contributed by atoms with Crippen LogP contribution in [-0.2, 0) is 4.74 Å². The van der Waals surface area contributed by atoms with Crippen molar-refractivity contribution >= 4 is 6.09 Å². The Morgan fingerprint density at radius 2 is 1.95 bits per heavy atom. The maximum atomic E-state index is 11.4. The SMILES string of the molecule is CC1(C)CCC(NC/C=C/CNC(=O)OC(C)(C)C)C1. The van der Waals surface area contributed by atoms with Gasteiger partial charge in [0.1, 0.15) is 5.60 Å². The second-order valence-electron chi connectivity index (χ2n) is 7.37. The predicted molar refractivity (Wildman–Crippen MR) is 82.8 cm³/mol. The highest BCUT2D eigenvalue weighted by atomic mass is 16.6. The lowest BCUT2D eigenvalue weighted by Crippen LogP contribution is -2.32. The van der Waals surface area contributed by atoms with Gasteiger partial charge in [-0.2, -0.15) is 0 Å². The molecule has 1 aliphatic carbocycles. The minimum atomic E-state index is -0.440. The first-order chi connectivity index (χ1) is 9.18. The Hall–Kier alpha value is -1.03. The molecule has 0 aromatic rings. The van der Waals surface area contributed by atoms with E-state index in [1.54, 1.807) is 0 Å². The third kappa shape index (κ3) is 7.53. The van der Waals surface area contributed by atoms with Gasteiger partial charge >= 0.3 is 6.09 Å². The van der Waals surface area contributed by atoms with Crippen molar-refractivity contribution in [2.45, 2.75) is 65.5 Å².